The number of aromatic nitrogens is 2. The molecule has 1 aromatic carbocycles. The van der Waals surface area contributed by atoms with Crippen LogP contribution in [0.1, 0.15) is 52.4 Å². The van der Waals surface area contributed by atoms with E-state index in [1.54, 1.807) is 4.57 Å². The Morgan fingerprint density at radius 3 is 2.60 bits per heavy atom. The van der Waals surface area contributed by atoms with E-state index in [1.165, 1.54) is 54.7 Å². The molecule has 5 rings (SSSR count). The van der Waals surface area contributed by atoms with Crippen molar-refractivity contribution < 1.29 is 0 Å². The van der Waals surface area contributed by atoms with Crippen LogP contribution in [0, 0.1) is 5.41 Å². The number of hydrogen-bond acceptors (Lipinski definition) is 3. The molecule has 0 saturated heterocycles. The molecule has 2 aliphatic rings. The molecule has 0 bridgehead atoms. The van der Waals surface area contributed by atoms with E-state index in [4.69, 9.17) is 0 Å². The van der Waals surface area contributed by atoms with E-state index in [0.717, 1.165) is 16.2 Å². The summed E-state index contributed by atoms with van der Waals surface area (Å²) in [5.74, 6) is 0. The van der Waals surface area contributed by atoms with Crippen molar-refractivity contribution >= 4 is 28.4 Å². The van der Waals surface area contributed by atoms with Crippen molar-refractivity contribution in [2.24, 2.45) is 12.5 Å². The Morgan fingerprint density at radius 2 is 1.87 bits per heavy atom. The van der Waals surface area contributed by atoms with E-state index in [0.29, 0.717) is 17.0 Å². The molecule has 0 aliphatic heterocycles. The van der Waals surface area contributed by atoms with Crippen molar-refractivity contribution in [3.8, 4) is 11.1 Å². The van der Waals surface area contributed by atoms with Gasteiger partial charge in [-0.2, -0.15) is 0 Å². The zero-order chi connectivity index (χ0) is 20.9. The quantitative estimate of drug-likeness (QED) is 0.518. The first-order chi connectivity index (χ1) is 14.4. The van der Waals surface area contributed by atoms with Crippen LogP contribution in [0.25, 0.3) is 22.0 Å². The lowest BCUT2D eigenvalue weighted by Crippen LogP contribution is -2.30. The lowest BCUT2D eigenvalue weighted by Gasteiger charge is -2.35. The van der Waals surface area contributed by atoms with Gasteiger partial charge in [0.15, 0.2) is 0 Å². The minimum Gasteiger partial charge on any atom is -0.382 e. The van der Waals surface area contributed by atoms with Crippen molar-refractivity contribution in [2.75, 3.05) is 5.32 Å². The number of thioether (sulfide) groups is 1. The molecule has 30 heavy (non-hydrogen) atoms. The summed E-state index contributed by atoms with van der Waals surface area (Å²) in [6, 6.07) is 9.37. The van der Waals surface area contributed by atoms with Gasteiger partial charge in [0, 0.05) is 57.8 Å². The first-order valence-electron chi connectivity index (χ1n) is 11.1. The van der Waals surface area contributed by atoms with Crippen molar-refractivity contribution in [3.63, 3.8) is 0 Å². The van der Waals surface area contributed by atoms with Gasteiger partial charge in [-0.25, -0.2) is 0 Å². The summed E-state index contributed by atoms with van der Waals surface area (Å²) in [6.07, 6.45) is 11.4. The molecule has 2 N–H and O–H groups in total. The Hall–Kier alpha value is -2.14. The molecule has 0 spiro atoms. The van der Waals surface area contributed by atoms with Crippen molar-refractivity contribution in [1.82, 2.24) is 9.55 Å². The van der Waals surface area contributed by atoms with Gasteiger partial charge in [0.2, 0.25) is 0 Å². The Labute approximate surface area is 182 Å². The van der Waals surface area contributed by atoms with E-state index in [2.05, 4.69) is 42.3 Å². The minimum absolute atomic E-state index is 0.0197. The van der Waals surface area contributed by atoms with Gasteiger partial charge < -0.3 is 14.9 Å². The highest BCUT2D eigenvalue weighted by molar-refractivity contribution is 8.00. The molecule has 5 heteroatoms. The van der Waals surface area contributed by atoms with E-state index in [9.17, 15) is 4.79 Å². The third-order valence-corrected chi connectivity index (χ3v) is 8.03. The standard InChI is InChI=1S/C25H31N3OS/c1-25(2)11-8-16(9-12-25)27-22-7-6-18(30-17-4-5-17)14-20(22)21-15-28(3)24(29)23-19(21)10-13-26-23/h6-7,10,13-17,26-27H,4-5,8-9,11-12H2,1-3H3. The second-order valence-electron chi connectivity index (χ2n) is 9.83. The molecule has 0 radical (unpaired) electrons. The Bertz CT molecular complexity index is 1130. The highest BCUT2D eigenvalue weighted by atomic mass is 32.2. The lowest BCUT2D eigenvalue weighted by atomic mass is 9.75. The first-order valence-corrected chi connectivity index (χ1v) is 12.0. The maximum absolute atomic E-state index is 12.6. The molecular formula is C25H31N3OS. The Morgan fingerprint density at radius 1 is 1.10 bits per heavy atom. The predicted octanol–water partition coefficient (Wildman–Crippen LogP) is 6.17. The van der Waals surface area contributed by atoms with Crippen LogP contribution in [0.5, 0.6) is 0 Å². The van der Waals surface area contributed by atoms with Crippen LogP contribution in [0.3, 0.4) is 0 Å². The van der Waals surface area contributed by atoms with E-state index in [-0.39, 0.29) is 5.56 Å². The maximum atomic E-state index is 12.6. The summed E-state index contributed by atoms with van der Waals surface area (Å²) in [5.41, 5.74) is 4.66. The third-order valence-electron chi connectivity index (χ3n) is 6.70. The average Bonchev–Trinajstić information content (AvgIpc) is 3.39. The monoisotopic (exact) mass is 421 g/mol. The number of benzene rings is 1. The number of H-pyrrole nitrogens is 1. The Balaban J connectivity index is 1.56. The fourth-order valence-electron chi connectivity index (χ4n) is 4.57. The summed E-state index contributed by atoms with van der Waals surface area (Å²) < 4.78 is 1.70. The van der Waals surface area contributed by atoms with Crippen LogP contribution in [-0.4, -0.2) is 20.8 Å². The number of nitrogens with zero attached hydrogens (tertiary/aromatic N) is 1. The van der Waals surface area contributed by atoms with E-state index in [1.807, 2.05) is 37.3 Å². The average molecular weight is 422 g/mol. The van der Waals surface area contributed by atoms with Crippen molar-refractivity contribution in [1.29, 1.82) is 0 Å². The van der Waals surface area contributed by atoms with Gasteiger partial charge in [-0.1, -0.05) is 13.8 Å². The Kier molecular flexibility index (Phi) is 4.97. The fraction of sp³-hybridized carbons (Fsp3) is 0.480. The molecule has 2 heterocycles. The van der Waals surface area contributed by atoms with E-state index < -0.39 is 0 Å². The highest BCUT2D eigenvalue weighted by Crippen LogP contribution is 2.43. The second kappa shape index (κ2) is 7.52. The summed E-state index contributed by atoms with van der Waals surface area (Å²) >= 11 is 1.98. The van der Waals surface area contributed by atoms with Crippen LogP contribution in [-0.2, 0) is 7.05 Å². The lowest BCUT2D eigenvalue weighted by molar-refractivity contribution is 0.232. The number of aromatic amines is 1. The smallest absolute Gasteiger partial charge is 0.274 e. The molecule has 4 nitrogen and oxygen atoms in total. The maximum Gasteiger partial charge on any atom is 0.274 e. The summed E-state index contributed by atoms with van der Waals surface area (Å²) in [7, 11) is 1.84. The number of fused-ring (bicyclic) bond motifs is 1. The van der Waals surface area contributed by atoms with Crippen molar-refractivity contribution in [3.05, 3.63) is 47.0 Å². The summed E-state index contributed by atoms with van der Waals surface area (Å²) in [5, 5.41) is 5.63. The number of anilines is 1. The van der Waals surface area contributed by atoms with Gasteiger partial charge in [0.1, 0.15) is 5.52 Å². The van der Waals surface area contributed by atoms with Gasteiger partial charge >= 0.3 is 0 Å². The van der Waals surface area contributed by atoms with Crippen LogP contribution in [0.4, 0.5) is 5.69 Å². The number of nitrogens with one attached hydrogen (secondary N) is 2. The number of aryl methyl sites for hydroxylation is 1. The number of hydrogen-bond donors (Lipinski definition) is 2. The molecule has 0 unspecified atom stereocenters. The summed E-state index contributed by atoms with van der Waals surface area (Å²) in [4.78, 5) is 17.0. The highest BCUT2D eigenvalue weighted by Gasteiger charge is 2.28. The van der Waals surface area contributed by atoms with Gasteiger partial charge in [0.05, 0.1) is 0 Å². The molecule has 158 valence electrons. The molecule has 2 saturated carbocycles. The molecule has 2 aliphatic carbocycles. The minimum atomic E-state index is 0.0197. The SMILES string of the molecule is Cn1cc(-c2cc(SC3CC3)ccc2NC2CCC(C)(C)CC2)c2cc[nH]c2c1=O. The number of pyridine rings is 1. The zero-order valence-electron chi connectivity index (χ0n) is 18.1. The topological polar surface area (TPSA) is 49.8 Å². The van der Waals surface area contributed by atoms with Gasteiger partial charge in [-0.05, 0) is 68.2 Å². The van der Waals surface area contributed by atoms with Crippen LogP contribution >= 0.6 is 11.8 Å². The molecule has 0 atom stereocenters. The largest absolute Gasteiger partial charge is 0.382 e. The van der Waals surface area contributed by atoms with Crippen LogP contribution in [0.15, 0.2) is 46.3 Å². The molecule has 2 fully saturated rings. The molecule has 3 aromatic rings. The second-order valence-corrected chi connectivity index (χ2v) is 11.2. The zero-order valence-corrected chi connectivity index (χ0v) is 18.9. The third kappa shape index (κ3) is 3.92. The fourth-order valence-corrected chi connectivity index (χ4v) is 5.66. The van der Waals surface area contributed by atoms with Gasteiger partial charge in [0.25, 0.3) is 5.56 Å². The van der Waals surface area contributed by atoms with Crippen LogP contribution in [0.2, 0.25) is 0 Å². The van der Waals surface area contributed by atoms with Crippen molar-refractivity contribution in [2.45, 2.75) is 68.6 Å². The van der Waals surface area contributed by atoms with Crippen LogP contribution < -0.4 is 10.9 Å². The van der Waals surface area contributed by atoms with E-state index >= 15 is 0 Å². The predicted molar refractivity (Wildman–Crippen MR) is 128 cm³/mol. The summed E-state index contributed by atoms with van der Waals surface area (Å²) in [6.45, 7) is 4.76. The number of rotatable bonds is 5. The molecule has 2 aromatic heterocycles. The van der Waals surface area contributed by atoms with Gasteiger partial charge in [-0.3, -0.25) is 4.79 Å². The molecular weight excluding hydrogens is 390 g/mol. The normalized spacial score (nSPS) is 19.3. The molecule has 0 amide bonds. The van der Waals surface area contributed by atoms with Gasteiger partial charge in [-0.15, -0.1) is 11.8 Å². The first kappa shape index (κ1) is 19.8.